The van der Waals surface area contributed by atoms with Crippen molar-refractivity contribution in [1.29, 1.82) is 0 Å². The average Bonchev–Trinajstić information content (AvgIpc) is 2.88. The third-order valence-corrected chi connectivity index (χ3v) is 3.71. The van der Waals surface area contributed by atoms with Crippen LogP contribution in [0.4, 0.5) is 4.39 Å². The average molecular weight is 287 g/mol. The molecule has 110 valence electrons. The summed E-state index contributed by atoms with van der Waals surface area (Å²) in [7, 11) is 0. The maximum absolute atomic E-state index is 13.9. The van der Waals surface area contributed by atoms with Crippen LogP contribution in [0.2, 0.25) is 0 Å². The lowest BCUT2D eigenvalue weighted by atomic mass is 10.0. The van der Waals surface area contributed by atoms with Crippen LogP contribution in [-0.4, -0.2) is 13.2 Å². The fourth-order valence-corrected chi connectivity index (χ4v) is 2.53. The molecule has 2 aromatic rings. The Bertz CT molecular complexity index is 642. The van der Waals surface area contributed by atoms with Crippen LogP contribution in [0.25, 0.3) is 0 Å². The fraction of sp³-hybridized carbons (Fsp3) is 0.294. The molecule has 1 aliphatic heterocycles. The zero-order chi connectivity index (χ0) is 14.8. The maximum Gasteiger partial charge on any atom is 0.131 e. The molecule has 4 heteroatoms. The van der Waals surface area contributed by atoms with Crippen LogP contribution in [0, 0.1) is 5.82 Å². The van der Waals surface area contributed by atoms with Crippen molar-refractivity contribution in [2.24, 2.45) is 5.73 Å². The van der Waals surface area contributed by atoms with E-state index in [0.717, 1.165) is 11.3 Å². The van der Waals surface area contributed by atoms with Crippen LogP contribution < -0.4 is 15.2 Å². The molecule has 0 saturated carbocycles. The molecule has 3 rings (SSSR count). The van der Waals surface area contributed by atoms with Crippen LogP contribution in [0.5, 0.6) is 11.5 Å². The van der Waals surface area contributed by atoms with Crippen molar-refractivity contribution >= 4 is 0 Å². The van der Waals surface area contributed by atoms with E-state index in [1.54, 1.807) is 19.1 Å². The lowest BCUT2D eigenvalue weighted by Crippen LogP contribution is -2.12. The summed E-state index contributed by atoms with van der Waals surface area (Å²) in [5.74, 6) is 1.27. The van der Waals surface area contributed by atoms with Gasteiger partial charge in [0, 0.05) is 23.2 Å². The normalized spacial score (nSPS) is 18.0. The predicted octanol–water partition coefficient (Wildman–Crippen LogP) is 3.40. The van der Waals surface area contributed by atoms with Gasteiger partial charge in [-0.05, 0) is 19.1 Å². The predicted molar refractivity (Wildman–Crippen MR) is 79.2 cm³/mol. The van der Waals surface area contributed by atoms with Gasteiger partial charge in [0.15, 0.2) is 0 Å². The van der Waals surface area contributed by atoms with Crippen molar-refractivity contribution in [2.75, 3.05) is 13.2 Å². The first-order valence-corrected chi connectivity index (χ1v) is 7.04. The summed E-state index contributed by atoms with van der Waals surface area (Å²) < 4.78 is 25.2. The Kier molecular flexibility index (Phi) is 3.80. The van der Waals surface area contributed by atoms with E-state index in [4.69, 9.17) is 15.2 Å². The van der Waals surface area contributed by atoms with Crippen molar-refractivity contribution < 1.29 is 13.9 Å². The van der Waals surface area contributed by atoms with Gasteiger partial charge in [-0.1, -0.05) is 24.3 Å². The van der Waals surface area contributed by atoms with Gasteiger partial charge in [-0.25, -0.2) is 4.39 Å². The summed E-state index contributed by atoms with van der Waals surface area (Å²) in [4.78, 5) is 0. The topological polar surface area (TPSA) is 44.5 Å². The van der Waals surface area contributed by atoms with Crippen LogP contribution in [0.1, 0.15) is 30.0 Å². The molecule has 3 nitrogen and oxygen atoms in total. The van der Waals surface area contributed by atoms with E-state index in [1.165, 1.54) is 6.07 Å². The van der Waals surface area contributed by atoms with Gasteiger partial charge in [-0.15, -0.1) is 0 Å². The van der Waals surface area contributed by atoms with E-state index < -0.39 is 0 Å². The smallest absolute Gasteiger partial charge is 0.131 e. The Morgan fingerprint density at radius 3 is 2.90 bits per heavy atom. The van der Waals surface area contributed by atoms with Crippen LogP contribution in [-0.2, 0) is 0 Å². The van der Waals surface area contributed by atoms with E-state index in [9.17, 15) is 4.39 Å². The minimum Gasteiger partial charge on any atom is -0.493 e. The number of rotatable bonds is 4. The molecular weight excluding hydrogens is 269 g/mol. The Morgan fingerprint density at radius 2 is 2.14 bits per heavy atom. The number of para-hydroxylation sites is 1. The minimum absolute atomic E-state index is 0.178. The molecule has 0 aromatic heterocycles. The van der Waals surface area contributed by atoms with E-state index >= 15 is 0 Å². The Balaban J connectivity index is 1.68. The second-order valence-corrected chi connectivity index (χ2v) is 5.33. The monoisotopic (exact) mass is 287 g/mol. The second-order valence-electron chi connectivity index (χ2n) is 5.33. The third kappa shape index (κ3) is 2.85. The summed E-state index contributed by atoms with van der Waals surface area (Å²) in [5, 5.41) is 0. The number of halogens is 1. The molecule has 0 bridgehead atoms. The first-order valence-electron chi connectivity index (χ1n) is 7.04. The van der Waals surface area contributed by atoms with Crippen LogP contribution in [0.15, 0.2) is 42.5 Å². The summed E-state index contributed by atoms with van der Waals surface area (Å²) in [6.45, 7) is 2.82. The Labute approximate surface area is 123 Å². The number of benzene rings is 2. The number of hydrogen-bond donors (Lipinski definition) is 1. The van der Waals surface area contributed by atoms with Crippen molar-refractivity contribution in [3.63, 3.8) is 0 Å². The molecule has 0 radical (unpaired) electrons. The first-order chi connectivity index (χ1) is 10.1. The van der Waals surface area contributed by atoms with Crippen molar-refractivity contribution in [2.45, 2.75) is 18.9 Å². The van der Waals surface area contributed by atoms with E-state index in [1.807, 2.05) is 24.3 Å². The van der Waals surface area contributed by atoms with Gasteiger partial charge in [-0.3, -0.25) is 0 Å². The lowest BCUT2D eigenvalue weighted by Gasteiger charge is -2.13. The molecule has 0 fully saturated rings. The van der Waals surface area contributed by atoms with Gasteiger partial charge in [0.05, 0.1) is 19.1 Å². The summed E-state index contributed by atoms with van der Waals surface area (Å²) in [6.07, 6.45) is 0. The van der Waals surface area contributed by atoms with Gasteiger partial charge in [-0.2, -0.15) is 0 Å². The molecular formula is C17H18FNO2. The van der Waals surface area contributed by atoms with Gasteiger partial charge < -0.3 is 15.2 Å². The third-order valence-electron chi connectivity index (χ3n) is 3.71. The quantitative estimate of drug-likeness (QED) is 0.937. The number of fused-ring (bicyclic) bond motifs is 1. The molecule has 21 heavy (non-hydrogen) atoms. The highest BCUT2D eigenvalue weighted by Crippen LogP contribution is 2.33. The molecule has 2 N–H and O–H groups in total. The van der Waals surface area contributed by atoms with Gasteiger partial charge >= 0.3 is 0 Å². The highest BCUT2D eigenvalue weighted by Gasteiger charge is 2.24. The highest BCUT2D eigenvalue weighted by atomic mass is 19.1. The van der Waals surface area contributed by atoms with Gasteiger partial charge in [0.2, 0.25) is 0 Å². The molecule has 2 atom stereocenters. The van der Waals surface area contributed by atoms with E-state index in [-0.39, 0.29) is 17.8 Å². The molecule has 0 amide bonds. The minimum atomic E-state index is -0.328. The molecule has 2 aromatic carbocycles. The lowest BCUT2D eigenvalue weighted by molar-refractivity contribution is 0.247. The SMILES string of the molecule is C[C@@H](N)c1ccc(OCC2COc3ccccc32)cc1F. The van der Waals surface area contributed by atoms with E-state index in [0.29, 0.717) is 24.5 Å². The van der Waals surface area contributed by atoms with Crippen LogP contribution in [0.3, 0.4) is 0 Å². The van der Waals surface area contributed by atoms with Crippen LogP contribution >= 0.6 is 0 Å². The summed E-state index contributed by atoms with van der Waals surface area (Å²) >= 11 is 0. The fourth-order valence-electron chi connectivity index (χ4n) is 2.53. The molecule has 1 aliphatic rings. The zero-order valence-electron chi connectivity index (χ0n) is 11.9. The Hall–Kier alpha value is -2.07. The highest BCUT2D eigenvalue weighted by molar-refractivity contribution is 5.40. The molecule has 0 aliphatic carbocycles. The first kappa shape index (κ1) is 13.9. The van der Waals surface area contributed by atoms with E-state index in [2.05, 4.69) is 0 Å². The van der Waals surface area contributed by atoms with Gasteiger partial charge in [0.1, 0.15) is 17.3 Å². The number of hydrogen-bond acceptors (Lipinski definition) is 3. The summed E-state index contributed by atoms with van der Waals surface area (Å²) in [5.41, 5.74) is 7.33. The maximum atomic E-state index is 13.9. The number of ether oxygens (including phenoxy) is 2. The van der Waals surface area contributed by atoms with Crippen molar-refractivity contribution in [1.82, 2.24) is 0 Å². The summed E-state index contributed by atoms with van der Waals surface area (Å²) in [6, 6.07) is 12.4. The molecule has 1 unspecified atom stereocenters. The second kappa shape index (κ2) is 5.74. The largest absolute Gasteiger partial charge is 0.493 e. The Morgan fingerprint density at radius 1 is 1.33 bits per heavy atom. The molecule has 0 saturated heterocycles. The molecule has 1 heterocycles. The zero-order valence-corrected chi connectivity index (χ0v) is 11.9. The van der Waals surface area contributed by atoms with Gasteiger partial charge in [0.25, 0.3) is 0 Å². The molecule has 0 spiro atoms. The van der Waals surface area contributed by atoms with Crippen molar-refractivity contribution in [3.05, 3.63) is 59.4 Å². The number of nitrogens with two attached hydrogens (primary N) is 1. The standard InChI is InChI=1S/C17H18FNO2/c1-11(19)14-7-6-13(8-16(14)18)20-9-12-10-21-17-5-3-2-4-15(12)17/h2-8,11-12H,9-10,19H2,1H3/t11-,12?/m1/s1. The van der Waals surface area contributed by atoms with Crippen molar-refractivity contribution in [3.8, 4) is 11.5 Å².